The number of aromatic nitrogens is 2. The van der Waals surface area contributed by atoms with Gasteiger partial charge >= 0.3 is 0 Å². The van der Waals surface area contributed by atoms with Gasteiger partial charge in [-0.05, 0) is 43.7 Å². The van der Waals surface area contributed by atoms with Gasteiger partial charge in [-0.3, -0.25) is 14.2 Å². The van der Waals surface area contributed by atoms with Gasteiger partial charge in [0.25, 0.3) is 11.5 Å². The number of carbonyl (C=O) groups is 1. The summed E-state index contributed by atoms with van der Waals surface area (Å²) >= 11 is 1.16. The average molecular weight is 375 g/mol. The Morgan fingerprint density at radius 1 is 1.35 bits per heavy atom. The second kappa shape index (κ2) is 7.76. The number of thiophene rings is 1. The Kier molecular flexibility index (Phi) is 5.43. The molecule has 3 rings (SSSR count). The van der Waals surface area contributed by atoms with Crippen LogP contribution in [0.15, 0.2) is 35.4 Å². The van der Waals surface area contributed by atoms with E-state index in [0.29, 0.717) is 46.1 Å². The maximum absolute atomic E-state index is 13.0. The number of nitrogens with zero attached hydrogens (tertiary/aromatic N) is 2. The third-order valence-electron chi connectivity index (χ3n) is 3.91. The number of amides is 1. The lowest BCUT2D eigenvalue weighted by Crippen LogP contribution is -2.23. The van der Waals surface area contributed by atoms with Crippen molar-refractivity contribution in [1.82, 2.24) is 9.55 Å². The zero-order valence-corrected chi connectivity index (χ0v) is 15.2. The Morgan fingerprint density at radius 3 is 2.77 bits per heavy atom. The van der Waals surface area contributed by atoms with E-state index in [0.717, 1.165) is 11.3 Å². The highest BCUT2D eigenvalue weighted by Crippen LogP contribution is 2.27. The first-order chi connectivity index (χ1) is 12.5. The van der Waals surface area contributed by atoms with Gasteiger partial charge in [-0.2, -0.15) is 0 Å². The maximum Gasteiger partial charge on any atom is 0.266 e. The summed E-state index contributed by atoms with van der Waals surface area (Å²) in [6, 6.07) is 5.50. The second-order valence-corrected chi connectivity index (χ2v) is 6.64. The highest BCUT2D eigenvalue weighted by Gasteiger charge is 2.19. The van der Waals surface area contributed by atoms with Crippen molar-refractivity contribution in [2.45, 2.75) is 20.4 Å². The molecule has 136 valence electrons. The van der Waals surface area contributed by atoms with Crippen LogP contribution in [0, 0.1) is 12.7 Å². The molecule has 0 aliphatic rings. The summed E-state index contributed by atoms with van der Waals surface area (Å²) in [5.74, 6) is -0.727. The molecule has 0 aliphatic heterocycles. The van der Waals surface area contributed by atoms with Gasteiger partial charge in [-0.1, -0.05) is 0 Å². The smallest absolute Gasteiger partial charge is 0.266 e. The predicted octanol–water partition coefficient (Wildman–Crippen LogP) is 3.19. The normalized spacial score (nSPS) is 11.0. The minimum atomic E-state index is -0.377. The summed E-state index contributed by atoms with van der Waals surface area (Å²) in [4.78, 5) is 30.5. The van der Waals surface area contributed by atoms with Crippen molar-refractivity contribution in [3.63, 3.8) is 0 Å². The van der Waals surface area contributed by atoms with Gasteiger partial charge in [0, 0.05) is 12.3 Å². The molecule has 8 heteroatoms. The van der Waals surface area contributed by atoms with Crippen LogP contribution in [0.4, 0.5) is 10.1 Å². The number of hydrogen-bond donors (Lipinski definition) is 1. The first kappa shape index (κ1) is 18.2. The molecule has 2 heterocycles. The van der Waals surface area contributed by atoms with Gasteiger partial charge in [0.1, 0.15) is 10.6 Å². The maximum atomic E-state index is 13.0. The van der Waals surface area contributed by atoms with Gasteiger partial charge in [0.15, 0.2) is 0 Å². The zero-order valence-electron chi connectivity index (χ0n) is 14.4. The summed E-state index contributed by atoms with van der Waals surface area (Å²) in [5, 5.41) is 3.15. The Labute approximate surface area is 153 Å². The van der Waals surface area contributed by atoms with Crippen molar-refractivity contribution in [2.75, 3.05) is 18.5 Å². The molecule has 0 radical (unpaired) electrons. The SMILES string of the molecule is CCOCCn1cnc2sc(C(=O)Nc3ccc(F)cc3)c(C)c2c1=O. The molecule has 0 fully saturated rings. The second-order valence-electron chi connectivity index (χ2n) is 5.64. The lowest BCUT2D eigenvalue weighted by Gasteiger charge is -2.05. The lowest BCUT2D eigenvalue weighted by atomic mass is 10.2. The van der Waals surface area contributed by atoms with Crippen molar-refractivity contribution in [2.24, 2.45) is 0 Å². The highest BCUT2D eigenvalue weighted by atomic mass is 32.1. The van der Waals surface area contributed by atoms with Crippen LogP contribution in [0.25, 0.3) is 10.2 Å². The van der Waals surface area contributed by atoms with E-state index in [1.165, 1.54) is 35.2 Å². The molecule has 0 saturated carbocycles. The van der Waals surface area contributed by atoms with Crippen LogP contribution in [0.5, 0.6) is 0 Å². The molecule has 0 atom stereocenters. The van der Waals surface area contributed by atoms with E-state index >= 15 is 0 Å². The third kappa shape index (κ3) is 3.66. The summed E-state index contributed by atoms with van der Waals surface area (Å²) in [6.45, 7) is 5.02. The quantitative estimate of drug-likeness (QED) is 0.672. The van der Waals surface area contributed by atoms with E-state index in [4.69, 9.17) is 4.74 Å². The van der Waals surface area contributed by atoms with Crippen LogP contribution in [0.3, 0.4) is 0 Å². The van der Waals surface area contributed by atoms with Crippen molar-refractivity contribution in [3.8, 4) is 0 Å². The summed E-state index contributed by atoms with van der Waals surface area (Å²) in [5.41, 5.74) is 0.882. The van der Waals surface area contributed by atoms with E-state index in [1.807, 2.05) is 6.92 Å². The van der Waals surface area contributed by atoms with E-state index in [-0.39, 0.29) is 17.3 Å². The van der Waals surface area contributed by atoms with Crippen LogP contribution in [0.1, 0.15) is 22.2 Å². The van der Waals surface area contributed by atoms with E-state index in [9.17, 15) is 14.0 Å². The van der Waals surface area contributed by atoms with Crippen molar-refractivity contribution in [3.05, 3.63) is 57.2 Å². The molecule has 0 spiro atoms. The fourth-order valence-electron chi connectivity index (χ4n) is 2.56. The number of nitrogens with one attached hydrogen (secondary N) is 1. The molecule has 2 aromatic heterocycles. The molecule has 26 heavy (non-hydrogen) atoms. The van der Waals surface area contributed by atoms with Gasteiger partial charge in [-0.15, -0.1) is 11.3 Å². The number of hydrogen-bond acceptors (Lipinski definition) is 5. The van der Waals surface area contributed by atoms with Crippen molar-refractivity contribution >= 4 is 33.1 Å². The van der Waals surface area contributed by atoms with E-state index in [1.54, 1.807) is 6.92 Å². The van der Waals surface area contributed by atoms with Gasteiger partial charge in [-0.25, -0.2) is 9.37 Å². The molecule has 0 saturated heterocycles. The standard InChI is InChI=1S/C18H18FN3O3S/c1-3-25-9-8-22-10-20-17-14(18(22)24)11(2)15(26-17)16(23)21-13-6-4-12(19)5-7-13/h4-7,10H,3,8-9H2,1-2H3,(H,21,23). The number of rotatable bonds is 6. The van der Waals surface area contributed by atoms with Crippen LogP contribution >= 0.6 is 11.3 Å². The first-order valence-electron chi connectivity index (χ1n) is 8.14. The molecular weight excluding hydrogens is 357 g/mol. The molecule has 0 bridgehead atoms. The lowest BCUT2D eigenvalue weighted by molar-refractivity contribution is 0.103. The number of anilines is 1. The highest BCUT2D eigenvalue weighted by molar-refractivity contribution is 7.20. The predicted molar refractivity (Wildman–Crippen MR) is 99.5 cm³/mol. The molecule has 1 N–H and O–H groups in total. The van der Waals surface area contributed by atoms with Crippen molar-refractivity contribution < 1.29 is 13.9 Å². The monoisotopic (exact) mass is 375 g/mol. The minimum absolute atomic E-state index is 0.190. The Bertz CT molecular complexity index is 995. The summed E-state index contributed by atoms with van der Waals surface area (Å²) in [6.07, 6.45) is 1.47. The van der Waals surface area contributed by atoms with Crippen LogP contribution in [-0.2, 0) is 11.3 Å². The largest absolute Gasteiger partial charge is 0.380 e. The molecule has 6 nitrogen and oxygen atoms in total. The molecular formula is C18H18FN3O3S. The third-order valence-corrected chi connectivity index (χ3v) is 5.10. The number of aryl methyl sites for hydroxylation is 1. The molecule has 0 aliphatic carbocycles. The average Bonchev–Trinajstić information content (AvgIpc) is 2.97. The van der Waals surface area contributed by atoms with Crippen LogP contribution in [0.2, 0.25) is 0 Å². The summed E-state index contributed by atoms with van der Waals surface area (Å²) in [7, 11) is 0. The fraction of sp³-hybridized carbons (Fsp3) is 0.278. The number of fused-ring (bicyclic) bond motifs is 1. The van der Waals surface area contributed by atoms with E-state index in [2.05, 4.69) is 10.3 Å². The number of halogens is 1. The van der Waals surface area contributed by atoms with Crippen molar-refractivity contribution in [1.29, 1.82) is 0 Å². The Morgan fingerprint density at radius 2 is 2.08 bits per heavy atom. The Hall–Kier alpha value is -2.58. The topological polar surface area (TPSA) is 73.2 Å². The van der Waals surface area contributed by atoms with Gasteiger partial charge < -0.3 is 10.1 Å². The number of benzene rings is 1. The van der Waals surface area contributed by atoms with Crippen LogP contribution in [-0.4, -0.2) is 28.7 Å². The fourth-order valence-corrected chi connectivity index (χ4v) is 3.60. The van der Waals surface area contributed by atoms with E-state index < -0.39 is 0 Å². The molecule has 0 unspecified atom stereocenters. The van der Waals surface area contributed by atoms with Crippen LogP contribution < -0.4 is 10.9 Å². The summed E-state index contributed by atoms with van der Waals surface area (Å²) < 4.78 is 19.7. The number of carbonyl (C=O) groups excluding carboxylic acids is 1. The number of ether oxygens (including phenoxy) is 1. The van der Waals surface area contributed by atoms with Gasteiger partial charge in [0.05, 0.1) is 29.7 Å². The minimum Gasteiger partial charge on any atom is -0.380 e. The molecule has 1 aromatic carbocycles. The van der Waals surface area contributed by atoms with Gasteiger partial charge in [0.2, 0.25) is 0 Å². The molecule has 3 aromatic rings. The zero-order chi connectivity index (χ0) is 18.7. The Balaban J connectivity index is 1.90. The molecule has 1 amide bonds. The first-order valence-corrected chi connectivity index (χ1v) is 8.96.